The monoisotopic (exact) mass is 349 g/mol. The van der Waals surface area contributed by atoms with E-state index in [0.29, 0.717) is 24.8 Å². The van der Waals surface area contributed by atoms with E-state index in [1.165, 1.54) is 18.6 Å². The van der Waals surface area contributed by atoms with Crippen molar-refractivity contribution in [2.75, 3.05) is 26.3 Å². The predicted octanol–water partition coefficient (Wildman–Crippen LogP) is 2.71. The van der Waals surface area contributed by atoms with E-state index in [2.05, 4.69) is 9.97 Å². The molecule has 0 aromatic carbocycles. The summed E-state index contributed by atoms with van der Waals surface area (Å²) < 4.78 is 10.9. The van der Waals surface area contributed by atoms with Crippen LogP contribution in [0.25, 0.3) is 0 Å². The number of amides is 1. The molecule has 1 saturated heterocycles. The summed E-state index contributed by atoms with van der Waals surface area (Å²) in [5, 5.41) is 0. The van der Waals surface area contributed by atoms with Crippen molar-refractivity contribution in [3.05, 3.63) is 24.3 Å². The third-order valence-electron chi connectivity index (χ3n) is 3.92. The Morgan fingerprint density at radius 1 is 1.32 bits per heavy atom. The molecule has 138 valence electrons. The van der Waals surface area contributed by atoms with Crippen molar-refractivity contribution in [2.45, 2.75) is 45.6 Å². The zero-order chi connectivity index (χ0) is 18.3. The molecule has 1 aromatic rings. The fraction of sp³-hybridized carbons (Fsp3) is 0.667. The molecule has 7 heteroatoms. The molecular formula is C18H27N3O4. The molecule has 2 rings (SSSR count). The van der Waals surface area contributed by atoms with Crippen molar-refractivity contribution < 1.29 is 19.1 Å². The summed E-state index contributed by atoms with van der Waals surface area (Å²) in [5.74, 6) is 0.194. The summed E-state index contributed by atoms with van der Waals surface area (Å²) in [5.41, 5.74) is -0.162. The van der Waals surface area contributed by atoms with Crippen LogP contribution in [0.3, 0.4) is 0 Å². The van der Waals surface area contributed by atoms with Crippen LogP contribution in [0.15, 0.2) is 18.6 Å². The second-order valence-corrected chi connectivity index (χ2v) is 7.29. The van der Waals surface area contributed by atoms with Crippen LogP contribution < -0.4 is 0 Å². The SMILES string of the molecule is CC(C)(C)OC(=O)N1CCCC(CCOCC(=O)c2cnccn2)C1. The van der Waals surface area contributed by atoms with E-state index in [4.69, 9.17) is 9.47 Å². The Bertz CT molecular complexity index is 571. The molecule has 1 amide bonds. The molecule has 2 heterocycles. The van der Waals surface area contributed by atoms with E-state index in [-0.39, 0.29) is 18.5 Å². The lowest BCUT2D eigenvalue weighted by molar-refractivity contribution is 0.0141. The molecule has 1 aromatic heterocycles. The van der Waals surface area contributed by atoms with Gasteiger partial charge in [-0.05, 0) is 46.0 Å². The molecule has 1 aliphatic rings. The van der Waals surface area contributed by atoms with E-state index < -0.39 is 5.60 Å². The molecule has 1 aliphatic heterocycles. The number of nitrogens with zero attached hydrogens (tertiary/aromatic N) is 3. The largest absolute Gasteiger partial charge is 0.444 e. The van der Waals surface area contributed by atoms with Gasteiger partial charge in [-0.1, -0.05) is 0 Å². The van der Waals surface area contributed by atoms with Crippen molar-refractivity contribution in [1.29, 1.82) is 0 Å². The van der Waals surface area contributed by atoms with Gasteiger partial charge in [-0.15, -0.1) is 0 Å². The van der Waals surface area contributed by atoms with Gasteiger partial charge in [0.15, 0.2) is 0 Å². The molecule has 0 aliphatic carbocycles. The van der Waals surface area contributed by atoms with Crippen LogP contribution in [0.5, 0.6) is 0 Å². The number of Topliss-reactive ketones (excluding diaryl/α,β-unsaturated/α-hetero) is 1. The quantitative estimate of drug-likeness (QED) is 0.580. The first kappa shape index (κ1) is 19.3. The third-order valence-corrected chi connectivity index (χ3v) is 3.92. The normalized spacial score (nSPS) is 18.0. The lowest BCUT2D eigenvalue weighted by atomic mass is 9.95. The average molecular weight is 349 g/mol. The molecule has 0 spiro atoms. The minimum absolute atomic E-state index is 0.00118. The summed E-state index contributed by atoms with van der Waals surface area (Å²) in [4.78, 5) is 33.6. The van der Waals surface area contributed by atoms with Gasteiger partial charge in [0.1, 0.15) is 17.9 Å². The second kappa shape index (κ2) is 8.89. The number of carbonyl (C=O) groups excluding carboxylic acids is 2. The van der Waals surface area contributed by atoms with Crippen molar-refractivity contribution >= 4 is 11.9 Å². The zero-order valence-corrected chi connectivity index (χ0v) is 15.2. The van der Waals surface area contributed by atoms with Gasteiger partial charge in [0.05, 0.1) is 6.20 Å². The number of hydrogen-bond acceptors (Lipinski definition) is 6. The van der Waals surface area contributed by atoms with Gasteiger partial charge in [0, 0.05) is 32.1 Å². The highest BCUT2D eigenvalue weighted by atomic mass is 16.6. The maximum Gasteiger partial charge on any atom is 0.410 e. The lowest BCUT2D eigenvalue weighted by Crippen LogP contribution is -2.43. The molecule has 1 unspecified atom stereocenters. The molecule has 25 heavy (non-hydrogen) atoms. The molecule has 0 bridgehead atoms. The summed E-state index contributed by atoms with van der Waals surface area (Å²) in [6.45, 7) is 7.50. The third kappa shape index (κ3) is 6.78. The van der Waals surface area contributed by atoms with Crippen LogP contribution in [0.4, 0.5) is 4.79 Å². The summed E-state index contributed by atoms with van der Waals surface area (Å²) in [6, 6.07) is 0. The fourth-order valence-electron chi connectivity index (χ4n) is 2.72. The minimum Gasteiger partial charge on any atom is -0.444 e. The number of ether oxygens (including phenoxy) is 2. The summed E-state index contributed by atoms with van der Waals surface area (Å²) >= 11 is 0. The molecule has 0 saturated carbocycles. The molecule has 1 fully saturated rings. The summed E-state index contributed by atoms with van der Waals surface area (Å²) in [6.07, 6.45) is 7.02. The maximum absolute atomic E-state index is 12.2. The highest BCUT2D eigenvalue weighted by molar-refractivity contribution is 5.94. The van der Waals surface area contributed by atoms with E-state index in [1.54, 1.807) is 4.90 Å². The van der Waals surface area contributed by atoms with Crippen LogP contribution in [0.2, 0.25) is 0 Å². The fourth-order valence-corrected chi connectivity index (χ4v) is 2.72. The van der Waals surface area contributed by atoms with Gasteiger partial charge in [-0.25, -0.2) is 9.78 Å². The van der Waals surface area contributed by atoms with Gasteiger partial charge in [0.2, 0.25) is 5.78 Å². The van der Waals surface area contributed by atoms with Gasteiger partial charge < -0.3 is 14.4 Å². The van der Waals surface area contributed by atoms with Gasteiger partial charge in [0.25, 0.3) is 0 Å². The second-order valence-electron chi connectivity index (χ2n) is 7.29. The molecule has 0 radical (unpaired) electrons. The van der Waals surface area contributed by atoms with Crippen molar-refractivity contribution in [2.24, 2.45) is 5.92 Å². The number of carbonyl (C=O) groups is 2. The Morgan fingerprint density at radius 3 is 2.80 bits per heavy atom. The number of ketones is 1. The Labute approximate surface area is 148 Å². The van der Waals surface area contributed by atoms with Crippen LogP contribution in [0.1, 0.15) is 50.5 Å². The smallest absolute Gasteiger partial charge is 0.410 e. The Morgan fingerprint density at radius 2 is 2.12 bits per heavy atom. The number of aromatic nitrogens is 2. The lowest BCUT2D eigenvalue weighted by Gasteiger charge is -2.34. The number of piperidine rings is 1. The molecule has 7 nitrogen and oxygen atoms in total. The zero-order valence-electron chi connectivity index (χ0n) is 15.2. The minimum atomic E-state index is -0.478. The topological polar surface area (TPSA) is 81.6 Å². The van der Waals surface area contributed by atoms with Crippen LogP contribution >= 0.6 is 0 Å². The van der Waals surface area contributed by atoms with Crippen LogP contribution in [0, 0.1) is 5.92 Å². The van der Waals surface area contributed by atoms with Crippen LogP contribution in [-0.2, 0) is 9.47 Å². The van der Waals surface area contributed by atoms with Gasteiger partial charge >= 0.3 is 6.09 Å². The first-order chi connectivity index (χ1) is 11.8. The van der Waals surface area contributed by atoms with E-state index in [9.17, 15) is 9.59 Å². The van der Waals surface area contributed by atoms with Crippen molar-refractivity contribution in [1.82, 2.24) is 14.9 Å². The molecule has 0 N–H and O–H groups in total. The van der Waals surface area contributed by atoms with Crippen molar-refractivity contribution in [3.8, 4) is 0 Å². The predicted molar refractivity (Wildman–Crippen MR) is 92.3 cm³/mol. The molecular weight excluding hydrogens is 322 g/mol. The highest BCUT2D eigenvalue weighted by Gasteiger charge is 2.27. The van der Waals surface area contributed by atoms with E-state index in [1.807, 2.05) is 20.8 Å². The first-order valence-corrected chi connectivity index (χ1v) is 8.70. The number of rotatable bonds is 6. The van der Waals surface area contributed by atoms with E-state index >= 15 is 0 Å². The summed E-state index contributed by atoms with van der Waals surface area (Å²) in [7, 11) is 0. The van der Waals surface area contributed by atoms with Gasteiger partial charge in [-0.2, -0.15) is 0 Å². The van der Waals surface area contributed by atoms with Crippen molar-refractivity contribution in [3.63, 3.8) is 0 Å². The Kier molecular flexibility index (Phi) is 6.87. The molecule has 1 atom stereocenters. The standard InChI is InChI=1S/C18H27N3O4/c1-18(2,3)25-17(23)21-9-4-5-14(12-21)6-10-24-13-16(22)15-11-19-7-8-20-15/h7-8,11,14H,4-6,9-10,12-13H2,1-3H3. The Hall–Kier alpha value is -2.02. The number of likely N-dealkylation sites (tertiary alicyclic amines) is 1. The first-order valence-electron chi connectivity index (χ1n) is 8.70. The maximum atomic E-state index is 12.2. The van der Waals surface area contributed by atoms with Gasteiger partial charge in [-0.3, -0.25) is 9.78 Å². The number of hydrogen-bond donors (Lipinski definition) is 0. The highest BCUT2D eigenvalue weighted by Crippen LogP contribution is 2.21. The van der Waals surface area contributed by atoms with E-state index in [0.717, 1.165) is 25.8 Å². The van der Waals surface area contributed by atoms with Crippen LogP contribution in [-0.4, -0.2) is 58.6 Å². The Balaban J connectivity index is 1.69. The average Bonchev–Trinajstić information content (AvgIpc) is 2.58.